The van der Waals surface area contributed by atoms with E-state index in [0.717, 1.165) is 5.76 Å². The molecule has 1 spiro atoms. The van der Waals surface area contributed by atoms with Crippen LogP contribution in [0.2, 0.25) is 0 Å². The molecule has 2 aliphatic rings. The minimum Gasteiger partial charge on any atom is -0.469 e. The summed E-state index contributed by atoms with van der Waals surface area (Å²) in [4.78, 5) is 30.6. The van der Waals surface area contributed by atoms with E-state index in [1.807, 2.05) is 11.8 Å². The number of morpholine rings is 1. The Balaban J connectivity index is 1.41. The van der Waals surface area contributed by atoms with Gasteiger partial charge in [-0.2, -0.15) is 9.90 Å². The third-order valence-electron chi connectivity index (χ3n) is 5.61. The average Bonchev–Trinajstić information content (AvgIpc) is 3.36. The zero-order valence-corrected chi connectivity index (χ0v) is 16.3. The number of amides is 2. The molecule has 4 rings (SSSR count). The highest BCUT2D eigenvalue weighted by Gasteiger charge is 2.42. The summed E-state index contributed by atoms with van der Waals surface area (Å²) < 4.78 is 11.5. The molecule has 9 heteroatoms. The normalized spacial score (nSPS) is 19.2. The van der Waals surface area contributed by atoms with Gasteiger partial charge in [0.15, 0.2) is 5.69 Å². The lowest BCUT2D eigenvalue weighted by Crippen LogP contribution is -2.58. The molecule has 150 valence electrons. The van der Waals surface area contributed by atoms with Crippen LogP contribution in [0.25, 0.3) is 0 Å². The van der Waals surface area contributed by atoms with Crippen LogP contribution < -0.4 is 0 Å². The van der Waals surface area contributed by atoms with E-state index in [9.17, 15) is 9.59 Å². The molecule has 0 atom stereocenters. The Morgan fingerprint density at radius 1 is 1.18 bits per heavy atom. The molecular formula is C19H25N5O4. The van der Waals surface area contributed by atoms with Gasteiger partial charge in [0, 0.05) is 33.1 Å². The highest BCUT2D eigenvalue weighted by molar-refractivity contribution is 5.95. The van der Waals surface area contributed by atoms with Crippen LogP contribution in [0.5, 0.6) is 0 Å². The molecular weight excluding hydrogens is 362 g/mol. The summed E-state index contributed by atoms with van der Waals surface area (Å²) >= 11 is 0. The molecule has 2 saturated heterocycles. The van der Waals surface area contributed by atoms with Gasteiger partial charge in [0.2, 0.25) is 0 Å². The van der Waals surface area contributed by atoms with E-state index < -0.39 is 5.60 Å². The number of carbonyl (C=O) groups is 2. The first kappa shape index (κ1) is 18.7. The largest absolute Gasteiger partial charge is 0.469 e. The molecule has 0 radical (unpaired) electrons. The number of hydrogen-bond acceptors (Lipinski definition) is 6. The lowest BCUT2D eigenvalue weighted by Gasteiger charge is -2.47. The van der Waals surface area contributed by atoms with Crippen LogP contribution >= 0.6 is 0 Å². The van der Waals surface area contributed by atoms with Crippen LogP contribution in [0.4, 0.5) is 0 Å². The number of rotatable bonds is 3. The molecule has 0 aliphatic carbocycles. The van der Waals surface area contributed by atoms with Gasteiger partial charge in [0.1, 0.15) is 5.76 Å². The van der Waals surface area contributed by atoms with Crippen molar-refractivity contribution in [1.29, 1.82) is 0 Å². The number of nitrogens with zero attached hydrogens (tertiary/aromatic N) is 5. The van der Waals surface area contributed by atoms with Crippen molar-refractivity contribution in [2.24, 2.45) is 7.05 Å². The van der Waals surface area contributed by atoms with Gasteiger partial charge in [-0.05, 0) is 18.9 Å². The number of carbonyl (C=O) groups excluding carboxylic acids is 2. The number of ether oxygens (including phenoxy) is 1. The van der Waals surface area contributed by atoms with Gasteiger partial charge >= 0.3 is 0 Å². The maximum Gasteiger partial charge on any atom is 0.276 e. The van der Waals surface area contributed by atoms with Gasteiger partial charge in [-0.25, -0.2) is 0 Å². The van der Waals surface area contributed by atoms with E-state index in [-0.39, 0.29) is 11.8 Å². The second-order valence-corrected chi connectivity index (χ2v) is 7.38. The lowest BCUT2D eigenvalue weighted by atomic mass is 9.89. The zero-order valence-electron chi connectivity index (χ0n) is 16.3. The standard InChI is InChI=1S/C19H25N5O4/c1-3-16-14(4-10-27-16)17(25)24-9-11-28-19(13-24)5-7-23(8-6-19)18(26)15-12-20-22(2)21-15/h4,10,12H,3,5-9,11,13H2,1-2H3. The van der Waals surface area contributed by atoms with Crippen LogP contribution in [0.1, 0.15) is 46.4 Å². The highest BCUT2D eigenvalue weighted by Crippen LogP contribution is 2.31. The maximum atomic E-state index is 13.0. The van der Waals surface area contributed by atoms with Crippen LogP contribution in [0, 0.1) is 0 Å². The van der Waals surface area contributed by atoms with Crippen molar-refractivity contribution in [3.05, 3.63) is 35.5 Å². The zero-order chi connectivity index (χ0) is 19.7. The molecule has 2 aromatic heterocycles. The molecule has 0 saturated carbocycles. The van der Waals surface area contributed by atoms with E-state index >= 15 is 0 Å². The second kappa shape index (κ2) is 7.38. The van der Waals surface area contributed by atoms with Crippen molar-refractivity contribution < 1.29 is 18.7 Å². The Bertz CT molecular complexity index is 865. The average molecular weight is 387 g/mol. The second-order valence-electron chi connectivity index (χ2n) is 7.38. The fraction of sp³-hybridized carbons (Fsp3) is 0.579. The fourth-order valence-corrected chi connectivity index (χ4v) is 4.02. The van der Waals surface area contributed by atoms with E-state index in [1.54, 1.807) is 24.3 Å². The number of hydrogen-bond donors (Lipinski definition) is 0. The summed E-state index contributed by atoms with van der Waals surface area (Å²) in [6.45, 7) is 4.72. The number of piperidine rings is 1. The van der Waals surface area contributed by atoms with Gasteiger partial charge in [-0.15, -0.1) is 5.10 Å². The van der Waals surface area contributed by atoms with Crippen LogP contribution in [0.15, 0.2) is 22.9 Å². The molecule has 2 aromatic rings. The minimum absolute atomic E-state index is 0.00802. The predicted molar refractivity (Wildman–Crippen MR) is 98.8 cm³/mol. The molecule has 28 heavy (non-hydrogen) atoms. The van der Waals surface area contributed by atoms with Crippen LogP contribution in [-0.2, 0) is 18.2 Å². The summed E-state index contributed by atoms with van der Waals surface area (Å²) in [5.74, 6) is 0.596. The predicted octanol–water partition coefficient (Wildman–Crippen LogP) is 1.12. The van der Waals surface area contributed by atoms with Gasteiger partial charge < -0.3 is 19.0 Å². The SMILES string of the molecule is CCc1occc1C(=O)N1CCOC2(CCN(C(=O)c3cnn(C)n3)CC2)C1. The van der Waals surface area contributed by atoms with Crippen molar-refractivity contribution in [2.45, 2.75) is 31.8 Å². The maximum absolute atomic E-state index is 13.0. The summed E-state index contributed by atoms with van der Waals surface area (Å²) in [7, 11) is 1.69. The Kier molecular flexibility index (Phi) is 4.92. The number of likely N-dealkylation sites (tertiary alicyclic amines) is 1. The minimum atomic E-state index is -0.400. The Morgan fingerprint density at radius 3 is 2.64 bits per heavy atom. The summed E-state index contributed by atoms with van der Waals surface area (Å²) in [6.07, 6.45) is 5.12. The summed E-state index contributed by atoms with van der Waals surface area (Å²) in [5, 5.41) is 8.06. The quantitative estimate of drug-likeness (QED) is 0.783. The number of furan rings is 1. The lowest BCUT2D eigenvalue weighted by molar-refractivity contribution is -0.123. The van der Waals surface area contributed by atoms with Crippen molar-refractivity contribution in [3.8, 4) is 0 Å². The highest BCUT2D eigenvalue weighted by atomic mass is 16.5. The molecule has 0 N–H and O–H groups in total. The van der Waals surface area contributed by atoms with Gasteiger partial charge in [-0.3, -0.25) is 9.59 Å². The molecule has 2 amide bonds. The molecule has 9 nitrogen and oxygen atoms in total. The van der Waals surface area contributed by atoms with E-state index in [0.29, 0.717) is 63.3 Å². The van der Waals surface area contributed by atoms with Gasteiger partial charge in [-0.1, -0.05) is 6.92 Å². The van der Waals surface area contributed by atoms with Crippen molar-refractivity contribution in [2.75, 3.05) is 32.8 Å². The first-order valence-corrected chi connectivity index (χ1v) is 9.66. The molecule has 0 unspecified atom stereocenters. The molecule has 4 heterocycles. The summed E-state index contributed by atoms with van der Waals surface area (Å²) in [5.41, 5.74) is 0.588. The fourth-order valence-electron chi connectivity index (χ4n) is 4.02. The first-order valence-electron chi connectivity index (χ1n) is 9.66. The molecule has 0 bridgehead atoms. The Hall–Kier alpha value is -2.68. The van der Waals surface area contributed by atoms with E-state index in [1.165, 1.54) is 11.0 Å². The molecule has 0 aromatic carbocycles. The van der Waals surface area contributed by atoms with E-state index in [4.69, 9.17) is 9.15 Å². The van der Waals surface area contributed by atoms with Crippen LogP contribution in [-0.4, -0.2) is 75.0 Å². The third-order valence-corrected chi connectivity index (χ3v) is 5.61. The van der Waals surface area contributed by atoms with E-state index in [2.05, 4.69) is 10.2 Å². The monoisotopic (exact) mass is 387 g/mol. The van der Waals surface area contributed by atoms with Crippen molar-refractivity contribution >= 4 is 11.8 Å². The smallest absolute Gasteiger partial charge is 0.276 e. The number of aromatic nitrogens is 3. The Morgan fingerprint density at radius 2 is 1.96 bits per heavy atom. The van der Waals surface area contributed by atoms with Gasteiger partial charge in [0.05, 0.1) is 36.8 Å². The first-order chi connectivity index (χ1) is 13.5. The van der Waals surface area contributed by atoms with Gasteiger partial charge in [0.25, 0.3) is 11.8 Å². The topological polar surface area (TPSA) is 93.7 Å². The van der Waals surface area contributed by atoms with Crippen molar-refractivity contribution in [1.82, 2.24) is 24.8 Å². The summed E-state index contributed by atoms with van der Waals surface area (Å²) in [6, 6.07) is 1.74. The molecule has 2 fully saturated rings. The van der Waals surface area contributed by atoms with Crippen molar-refractivity contribution in [3.63, 3.8) is 0 Å². The van der Waals surface area contributed by atoms with Crippen LogP contribution in [0.3, 0.4) is 0 Å². The number of aryl methyl sites for hydroxylation is 2. The third kappa shape index (κ3) is 3.42. The Labute approximate surface area is 163 Å². The molecule has 2 aliphatic heterocycles.